The molecule has 29 heavy (non-hydrogen) atoms. The van der Waals surface area contributed by atoms with Crippen molar-refractivity contribution < 1.29 is 17.6 Å². The molecule has 0 saturated heterocycles. The van der Waals surface area contributed by atoms with E-state index in [-0.39, 0.29) is 41.5 Å². The van der Waals surface area contributed by atoms with Crippen LogP contribution in [0.3, 0.4) is 0 Å². The van der Waals surface area contributed by atoms with Gasteiger partial charge in [0, 0.05) is 18.5 Å². The second kappa shape index (κ2) is 8.71. The van der Waals surface area contributed by atoms with Gasteiger partial charge in [-0.05, 0) is 43.9 Å². The van der Waals surface area contributed by atoms with Gasteiger partial charge in [-0.2, -0.15) is 0 Å². The van der Waals surface area contributed by atoms with E-state index in [0.717, 1.165) is 5.56 Å². The van der Waals surface area contributed by atoms with Crippen molar-refractivity contribution in [3.8, 4) is 0 Å². The maximum absolute atomic E-state index is 13.5. The lowest BCUT2D eigenvalue weighted by Gasteiger charge is -2.25. The van der Waals surface area contributed by atoms with Gasteiger partial charge >= 0.3 is 0 Å². The van der Waals surface area contributed by atoms with E-state index >= 15 is 0 Å². The molecule has 1 heterocycles. The zero-order chi connectivity index (χ0) is 21.0. The summed E-state index contributed by atoms with van der Waals surface area (Å²) < 4.78 is 40.0. The topological polar surface area (TPSA) is 90.9 Å². The molecule has 2 N–H and O–H groups in total. The number of aliphatic imine (C=N–C) groups is 1. The van der Waals surface area contributed by atoms with Gasteiger partial charge in [-0.1, -0.05) is 24.3 Å². The lowest BCUT2D eigenvalue weighted by Crippen LogP contribution is -2.34. The zero-order valence-electron chi connectivity index (χ0n) is 16.2. The molecule has 0 radical (unpaired) electrons. The first-order chi connectivity index (χ1) is 13.8. The van der Waals surface area contributed by atoms with Crippen LogP contribution in [0, 0.1) is 5.82 Å². The van der Waals surface area contributed by atoms with Crippen LogP contribution in [0.2, 0.25) is 0 Å². The molecule has 1 aliphatic heterocycles. The number of hydrogen-bond acceptors (Lipinski definition) is 5. The number of halogens is 1. The highest BCUT2D eigenvalue weighted by Gasteiger charge is 2.29. The summed E-state index contributed by atoms with van der Waals surface area (Å²) in [5.74, 6) is -0.290. The Hall–Kier alpha value is -2.78. The summed E-state index contributed by atoms with van der Waals surface area (Å²) in [6.07, 6.45) is 0.108. The van der Waals surface area contributed by atoms with Gasteiger partial charge in [0.25, 0.3) is 10.0 Å². The first-order valence-corrected chi connectivity index (χ1v) is 10.6. The van der Waals surface area contributed by atoms with E-state index in [1.165, 1.54) is 18.2 Å². The summed E-state index contributed by atoms with van der Waals surface area (Å²) >= 11 is 0. The second-order valence-corrected chi connectivity index (χ2v) is 8.57. The molecule has 2 aromatic carbocycles. The molecule has 2 aromatic rings. The van der Waals surface area contributed by atoms with Crippen LogP contribution in [0.1, 0.15) is 23.6 Å². The third kappa shape index (κ3) is 4.99. The Kier molecular flexibility index (Phi) is 6.29. The van der Waals surface area contributed by atoms with E-state index < -0.39 is 10.0 Å². The van der Waals surface area contributed by atoms with Crippen LogP contribution in [0.25, 0.3) is 0 Å². The van der Waals surface area contributed by atoms with Crippen LogP contribution in [0.5, 0.6) is 0 Å². The zero-order valence-corrected chi connectivity index (χ0v) is 17.0. The fourth-order valence-electron chi connectivity index (χ4n) is 3.13. The number of likely N-dealkylation sites (N-methyl/N-ethyl adjacent to an activating group) is 1. The molecule has 0 saturated carbocycles. The number of nitrogens with zero attached hydrogens (tertiary/aromatic N) is 2. The van der Waals surface area contributed by atoms with E-state index in [9.17, 15) is 17.6 Å². The van der Waals surface area contributed by atoms with E-state index in [4.69, 9.17) is 0 Å². The van der Waals surface area contributed by atoms with Gasteiger partial charge in [-0.25, -0.2) is 12.8 Å². The molecule has 7 nitrogen and oxygen atoms in total. The monoisotopic (exact) mass is 418 g/mol. The van der Waals surface area contributed by atoms with Gasteiger partial charge in [-0.3, -0.25) is 14.5 Å². The van der Waals surface area contributed by atoms with Gasteiger partial charge < -0.3 is 10.2 Å². The van der Waals surface area contributed by atoms with Crippen LogP contribution in [-0.2, 0) is 14.8 Å². The van der Waals surface area contributed by atoms with Gasteiger partial charge in [0.1, 0.15) is 11.7 Å². The quantitative estimate of drug-likeness (QED) is 0.716. The number of nitrogens with one attached hydrogen (secondary N) is 2. The van der Waals surface area contributed by atoms with Gasteiger partial charge in [0.15, 0.2) is 0 Å². The van der Waals surface area contributed by atoms with Gasteiger partial charge in [-0.15, -0.1) is 0 Å². The van der Waals surface area contributed by atoms with Gasteiger partial charge in [0.2, 0.25) is 5.91 Å². The Balaban J connectivity index is 1.57. The van der Waals surface area contributed by atoms with E-state index in [1.54, 1.807) is 24.3 Å². The summed E-state index contributed by atoms with van der Waals surface area (Å²) in [6.45, 7) is 0.464. The van der Waals surface area contributed by atoms with E-state index in [1.807, 2.05) is 25.1 Å². The number of benzene rings is 2. The van der Waals surface area contributed by atoms with Crippen LogP contribution >= 0.6 is 0 Å². The summed E-state index contributed by atoms with van der Waals surface area (Å²) in [7, 11) is 0.129. The Morgan fingerprint density at radius 1 is 1.21 bits per heavy atom. The Morgan fingerprint density at radius 2 is 1.97 bits per heavy atom. The number of rotatable bonds is 7. The van der Waals surface area contributed by atoms with Gasteiger partial charge in [0.05, 0.1) is 17.5 Å². The van der Waals surface area contributed by atoms with Crippen molar-refractivity contribution in [1.29, 1.82) is 0 Å². The molecular weight excluding hydrogens is 395 g/mol. The summed E-state index contributed by atoms with van der Waals surface area (Å²) in [5.41, 5.74) is 1.28. The van der Waals surface area contributed by atoms with Crippen molar-refractivity contribution in [2.24, 2.45) is 4.99 Å². The third-order valence-corrected chi connectivity index (χ3v) is 6.02. The average Bonchev–Trinajstić information content (AvgIpc) is 2.92. The molecule has 1 amide bonds. The van der Waals surface area contributed by atoms with Crippen molar-refractivity contribution >= 4 is 21.8 Å². The largest absolute Gasteiger partial charge is 0.354 e. The maximum Gasteiger partial charge on any atom is 0.263 e. The predicted molar refractivity (Wildman–Crippen MR) is 109 cm³/mol. The van der Waals surface area contributed by atoms with Crippen molar-refractivity contribution in [1.82, 2.24) is 14.9 Å². The second-order valence-electron chi connectivity index (χ2n) is 6.92. The van der Waals surface area contributed by atoms with Crippen LogP contribution in [-0.4, -0.2) is 52.2 Å². The lowest BCUT2D eigenvalue weighted by molar-refractivity contribution is -0.121. The summed E-state index contributed by atoms with van der Waals surface area (Å²) in [4.78, 5) is 18.5. The minimum Gasteiger partial charge on any atom is -0.354 e. The fourth-order valence-corrected chi connectivity index (χ4v) is 4.38. The molecule has 9 heteroatoms. The molecule has 0 fully saturated rings. The molecule has 0 aliphatic carbocycles. The molecule has 0 bridgehead atoms. The minimum atomic E-state index is -3.59. The smallest absolute Gasteiger partial charge is 0.263 e. The van der Waals surface area contributed by atoms with Crippen LogP contribution in [0.15, 0.2) is 58.4 Å². The first-order valence-electron chi connectivity index (χ1n) is 9.13. The normalized spacial score (nSPS) is 17.0. The summed E-state index contributed by atoms with van der Waals surface area (Å²) in [5, 5.41) is 2.83. The number of carbonyl (C=O) groups is 1. The molecule has 0 spiro atoms. The highest BCUT2D eigenvalue weighted by molar-refractivity contribution is 7.90. The molecule has 1 unspecified atom stereocenters. The number of hydrogen-bond donors (Lipinski definition) is 2. The van der Waals surface area contributed by atoms with Crippen molar-refractivity contribution in [3.63, 3.8) is 0 Å². The Morgan fingerprint density at radius 3 is 2.69 bits per heavy atom. The maximum atomic E-state index is 13.5. The molecule has 154 valence electrons. The molecule has 0 aromatic heterocycles. The van der Waals surface area contributed by atoms with Crippen molar-refractivity contribution in [3.05, 3.63) is 65.5 Å². The Bertz CT molecular complexity index is 1040. The fraction of sp³-hybridized carbons (Fsp3) is 0.300. The third-order valence-electron chi connectivity index (χ3n) is 4.62. The van der Waals surface area contributed by atoms with Crippen LogP contribution < -0.4 is 10.0 Å². The highest BCUT2D eigenvalue weighted by Crippen LogP contribution is 2.22. The molecule has 1 aliphatic rings. The molecule has 3 rings (SSSR count). The number of fused-ring (bicyclic) bond motifs is 1. The average molecular weight is 418 g/mol. The lowest BCUT2D eigenvalue weighted by atomic mass is 10.1. The minimum absolute atomic E-state index is 0.108. The number of sulfonamides is 1. The number of carbonyl (C=O) groups excluding carboxylic acids is 1. The van der Waals surface area contributed by atoms with Crippen molar-refractivity contribution in [2.45, 2.75) is 17.4 Å². The predicted octanol–water partition coefficient (Wildman–Crippen LogP) is 1.67. The number of amides is 1. The first kappa shape index (κ1) is 20.9. The highest BCUT2D eigenvalue weighted by atomic mass is 32.2. The number of amidine groups is 1. The SMILES string of the molecule is CN(C)C(CNC(=O)CCN=C1NS(=O)(=O)c2ccccc21)c1cccc(F)c1. The molecule has 1 atom stereocenters. The standard InChI is InChI=1S/C20H23FN4O3S/c1-25(2)17(14-6-5-7-15(21)12-14)13-23-19(26)10-11-22-20-16-8-3-4-9-18(16)29(27,28)24-20/h3-9,12,17H,10-11,13H2,1-2H3,(H,22,24)(H,23,26). The Labute approximate surface area is 169 Å². The molecular formula is C20H23FN4O3S. The van der Waals surface area contributed by atoms with E-state index in [0.29, 0.717) is 12.1 Å². The van der Waals surface area contributed by atoms with Crippen LogP contribution in [0.4, 0.5) is 4.39 Å². The summed E-state index contributed by atoms with van der Waals surface area (Å²) in [6, 6.07) is 12.7. The van der Waals surface area contributed by atoms with Crippen molar-refractivity contribution in [2.75, 3.05) is 27.2 Å². The van der Waals surface area contributed by atoms with E-state index in [2.05, 4.69) is 15.0 Å².